The second-order valence-corrected chi connectivity index (χ2v) is 8.28. The van der Waals surface area contributed by atoms with Crippen molar-refractivity contribution in [3.63, 3.8) is 0 Å². The third-order valence-corrected chi connectivity index (χ3v) is 5.78. The monoisotopic (exact) mass is 449 g/mol. The van der Waals surface area contributed by atoms with Crippen LogP contribution in [-0.2, 0) is 0 Å². The Labute approximate surface area is 186 Å². The maximum Gasteiger partial charge on any atom is 0.411 e. The molecule has 0 saturated heterocycles. The van der Waals surface area contributed by atoms with Gasteiger partial charge in [0.1, 0.15) is 17.0 Å². The van der Waals surface area contributed by atoms with Crippen molar-refractivity contribution in [2.45, 2.75) is 65.6 Å². The average Bonchev–Trinajstić information content (AvgIpc) is 2.66. The van der Waals surface area contributed by atoms with Gasteiger partial charge >= 0.3 is 6.18 Å². The molecule has 0 bridgehead atoms. The molecule has 0 radical (unpaired) electrons. The molecule has 0 saturated carbocycles. The van der Waals surface area contributed by atoms with Crippen molar-refractivity contribution in [2.75, 3.05) is 0 Å². The molecule has 0 aliphatic heterocycles. The largest absolute Gasteiger partial charge is 0.507 e. The van der Waals surface area contributed by atoms with Crippen LogP contribution in [0.2, 0.25) is 0 Å². The first-order chi connectivity index (χ1) is 14.8. The fraction of sp³-hybridized carbons (Fsp3) is 0.400. The summed E-state index contributed by atoms with van der Waals surface area (Å²) in [4.78, 5) is 13.1. The van der Waals surface area contributed by atoms with E-state index < -0.39 is 23.4 Å². The molecule has 174 valence electrons. The summed E-state index contributed by atoms with van der Waals surface area (Å²) in [6, 6.07) is 6.61. The number of hydrogen-bond donors (Lipinski definition) is 3. The molecule has 1 amide bonds. The lowest BCUT2D eigenvalue weighted by Gasteiger charge is -2.36. The number of benzene rings is 2. The normalized spacial score (nSPS) is 13.5. The second kappa shape index (κ2) is 9.27. The molecule has 1 atom stereocenters. The van der Waals surface area contributed by atoms with Crippen LogP contribution in [0.15, 0.2) is 30.8 Å². The zero-order valence-electron chi connectivity index (χ0n) is 19.1. The number of aryl methyl sites for hydroxylation is 2. The fourth-order valence-electron chi connectivity index (χ4n) is 4.02. The fourth-order valence-corrected chi connectivity index (χ4v) is 4.02. The first-order valence-electron chi connectivity index (χ1n) is 10.5. The highest BCUT2D eigenvalue weighted by molar-refractivity contribution is 6.03. The van der Waals surface area contributed by atoms with Crippen LogP contribution < -0.4 is 5.32 Å². The Morgan fingerprint density at radius 1 is 1.12 bits per heavy atom. The van der Waals surface area contributed by atoms with Crippen LogP contribution in [0, 0.1) is 13.8 Å². The molecule has 32 heavy (non-hydrogen) atoms. The molecule has 0 aliphatic carbocycles. The molecule has 3 N–H and O–H groups in total. The number of phenols is 2. The van der Waals surface area contributed by atoms with E-state index in [1.165, 1.54) is 19.9 Å². The molecule has 0 aliphatic rings. The summed E-state index contributed by atoms with van der Waals surface area (Å²) in [6.45, 7) is 11.9. The Morgan fingerprint density at radius 3 is 2.25 bits per heavy atom. The molecule has 2 rings (SSSR count). The maximum atomic E-state index is 13.9. The summed E-state index contributed by atoms with van der Waals surface area (Å²) in [7, 11) is 0. The van der Waals surface area contributed by atoms with Crippen molar-refractivity contribution in [3.05, 3.63) is 53.1 Å². The van der Waals surface area contributed by atoms with E-state index in [0.29, 0.717) is 16.7 Å². The highest BCUT2D eigenvalue weighted by Gasteiger charge is 2.54. The van der Waals surface area contributed by atoms with Crippen molar-refractivity contribution < 1.29 is 28.2 Å². The third kappa shape index (κ3) is 4.61. The SMILES string of the molecule is C=C(C)c1ccc(C)cc1-c1c(O)cc(C)c(C(=O)NC(CC)(CCC)C(F)(F)F)c1O. The number of aromatic hydroxyl groups is 2. The van der Waals surface area contributed by atoms with Crippen molar-refractivity contribution >= 4 is 11.5 Å². The van der Waals surface area contributed by atoms with Gasteiger partial charge in [0.05, 0.1) is 11.1 Å². The summed E-state index contributed by atoms with van der Waals surface area (Å²) in [5.74, 6) is -1.90. The van der Waals surface area contributed by atoms with Gasteiger partial charge in [0, 0.05) is 0 Å². The van der Waals surface area contributed by atoms with Crippen molar-refractivity contribution in [1.82, 2.24) is 5.32 Å². The minimum atomic E-state index is -4.67. The van der Waals surface area contributed by atoms with E-state index in [-0.39, 0.29) is 41.7 Å². The average molecular weight is 450 g/mol. The number of halogens is 3. The molecule has 1 unspecified atom stereocenters. The van der Waals surface area contributed by atoms with Crippen molar-refractivity contribution in [1.29, 1.82) is 0 Å². The number of hydrogen-bond acceptors (Lipinski definition) is 3. The number of rotatable bonds is 7. The maximum absolute atomic E-state index is 13.9. The topological polar surface area (TPSA) is 69.6 Å². The summed E-state index contributed by atoms with van der Waals surface area (Å²) < 4.78 is 41.7. The smallest absolute Gasteiger partial charge is 0.411 e. The predicted octanol–water partition coefficient (Wildman–Crippen LogP) is 6.66. The number of phenolic OH excluding ortho intramolecular Hbond substituents is 2. The van der Waals surface area contributed by atoms with Crippen LogP contribution in [0.3, 0.4) is 0 Å². The van der Waals surface area contributed by atoms with E-state index in [9.17, 15) is 28.2 Å². The van der Waals surface area contributed by atoms with Crippen molar-refractivity contribution in [3.8, 4) is 22.6 Å². The van der Waals surface area contributed by atoms with Gasteiger partial charge in [0.15, 0.2) is 0 Å². The molecule has 0 heterocycles. The summed E-state index contributed by atoms with van der Waals surface area (Å²) in [5.41, 5.74) is -0.00202. The molecule has 0 spiro atoms. The molecular formula is C25H30F3NO3. The quantitative estimate of drug-likeness (QED) is 0.443. The van der Waals surface area contributed by atoms with Crippen LogP contribution in [0.4, 0.5) is 13.2 Å². The third-order valence-electron chi connectivity index (χ3n) is 5.78. The highest BCUT2D eigenvalue weighted by atomic mass is 19.4. The Morgan fingerprint density at radius 2 is 1.75 bits per heavy atom. The Hall–Kier alpha value is -2.96. The zero-order chi connectivity index (χ0) is 24.4. The Bertz CT molecular complexity index is 1040. The Kier molecular flexibility index (Phi) is 7.33. The molecule has 4 nitrogen and oxygen atoms in total. The van der Waals surface area contributed by atoms with Crippen LogP contribution in [0.1, 0.15) is 67.1 Å². The number of allylic oxidation sites excluding steroid dienone is 1. The van der Waals surface area contributed by atoms with Gasteiger partial charge in [-0.1, -0.05) is 56.2 Å². The molecule has 0 aromatic heterocycles. The minimum absolute atomic E-state index is 0.0213. The van der Waals surface area contributed by atoms with Gasteiger partial charge in [0.2, 0.25) is 0 Å². The van der Waals surface area contributed by atoms with Crippen LogP contribution in [0.25, 0.3) is 16.7 Å². The minimum Gasteiger partial charge on any atom is -0.507 e. The van der Waals surface area contributed by atoms with Crippen LogP contribution >= 0.6 is 0 Å². The first kappa shape index (κ1) is 25.3. The first-order valence-corrected chi connectivity index (χ1v) is 10.5. The second-order valence-electron chi connectivity index (χ2n) is 8.28. The van der Waals surface area contributed by atoms with Crippen LogP contribution in [-0.4, -0.2) is 27.8 Å². The summed E-state index contributed by atoms with van der Waals surface area (Å²) in [5, 5.41) is 23.8. The van der Waals surface area contributed by atoms with Gasteiger partial charge in [-0.3, -0.25) is 4.79 Å². The van der Waals surface area contributed by atoms with E-state index in [4.69, 9.17) is 0 Å². The summed E-state index contributed by atoms with van der Waals surface area (Å²) in [6.07, 6.45) is -5.09. The van der Waals surface area contributed by atoms with Gasteiger partial charge < -0.3 is 15.5 Å². The van der Waals surface area contributed by atoms with E-state index in [0.717, 1.165) is 5.56 Å². The molecular weight excluding hydrogens is 419 g/mol. The van der Waals surface area contributed by atoms with Gasteiger partial charge in [-0.05, 0) is 56.4 Å². The predicted molar refractivity (Wildman–Crippen MR) is 121 cm³/mol. The van der Waals surface area contributed by atoms with Crippen molar-refractivity contribution in [2.24, 2.45) is 0 Å². The number of carbonyl (C=O) groups is 1. The van der Waals surface area contributed by atoms with Gasteiger partial charge in [-0.2, -0.15) is 13.2 Å². The lowest BCUT2D eigenvalue weighted by Crippen LogP contribution is -2.58. The van der Waals surface area contributed by atoms with Gasteiger partial charge in [0.25, 0.3) is 5.91 Å². The zero-order valence-corrected chi connectivity index (χ0v) is 19.1. The molecule has 2 aromatic carbocycles. The summed E-state index contributed by atoms with van der Waals surface area (Å²) >= 11 is 0. The number of alkyl halides is 3. The molecule has 2 aromatic rings. The molecule has 7 heteroatoms. The Balaban J connectivity index is 2.72. The lowest BCUT2D eigenvalue weighted by molar-refractivity contribution is -0.196. The number of nitrogens with one attached hydrogen (secondary N) is 1. The van der Waals surface area contributed by atoms with Gasteiger partial charge in [-0.25, -0.2) is 0 Å². The van der Waals surface area contributed by atoms with E-state index in [1.807, 2.05) is 13.0 Å². The van der Waals surface area contributed by atoms with Gasteiger partial charge in [-0.15, -0.1) is 0 Å². The lowest BCUT2D eigenvalue weighted by atomic mass is 9.87. The molecule has 0 fully saturated rings. The highest BCUT2D eigenvalue weighted by Crippen LogP contribution is 2.45. The van der Waals surface area contributed by atoms with E-state index in [1.54, 1.807) is 26.0 Å². The van der Waals surface area contributed by atoms with Crippen LogP contribution in [0.5, 0.6) is 11.5 Å². The van der Waals surface area contributed by atoms with E-state index in [2.05, 4.69) is 11.9 Å². The number of carbonyl (C=O) groups excluding carboxylic acids is 1. The van der Waals surface area contributed by atoms with E-state index >= 15 is 0 Å². The number of amides is 1. The standard InChI is InChI=1S/C25H30F3NO3/c1-7-11-24(8-2,25(26,27)28)29-23(32)20-16(6)13-19(30)21(22(20)31)18-12-15(5)9-10-17(18)14(3)4/h9-10,12-13,30-31H,3,7-8,11H2,1-2,4-6H3,(H,29,32).